The van der Waals surface area contributed by atoms with Crippen molar-refractivity contribution in [3.05, 3.63) is 95.2 Å². The maximum absolute atomic E-state index is 13.2. The van der Waals surface area contributed by atoms with Gasteiger partial charge in [0.1, 0.15) is 5.70 Å². The minimum Gasteiger partial charge on any atom is -0.504 e. The fraction of sp³-hybridized carbons (Fsp3) is 0.0800. The van der Waals surface area contributed by atoms with Gasteiger partial charge in [-0.1, -0.05) is 42.5 Å². The van der Waals surface area contributed by atoms with Crippen molar-refractivity contribution in [2.75, 3.05) is 13.4 Å². The summed E-state index contributed by atoms with van der Waals surface area (Å²) in [5.41, 5.74) is 2.64. The first kappa shape index (κ1) is 21.4. The predicted octanol–water partition coefficient (Wildman–Crippen LogP) is 4.79. The van der Waals surface area contributed by atoms with E-state index in [1.165, 1.54) is 24.4 Å². The lowest BCUT2D eigenvalue weighted by atomic mass is 10.2. The summed E-state index contributed by atoms with van der Waals surface area (Å²) >= 11 is 1.66. The molecule has 0 radical (unpaired) electrons. The van der Waals surface area contributed by atoms with E-state index < -0.39 is 0 Å². The van der Waals surface area contributed by atoms with Gasteiger partial charge >= 0.3 is 0 Å². The summed E-state index contributed by atoms with van der Waals surface area (Å²) in [6.07, 6.45) is 5.31. The van der Waals surface area contributed by atoms with Crippen LogP contribution in [0.5, 0.6) is 11.5 Å². The summed E-state index contributed by atoms with van der Waals surface area (Å²) in [5.74, 6) is 0.489. The number of amides is 1. The number of hydrazone groups is 1. The van der Waals surface area contributed by atoms with Crippen molar-refractivity contribution in [3.63, 3.8) is 0 Å². The third-order valence-corrected chi connectivity index (χ3v) is 5.56. The Morgan fingerprint density at radius 2 is 1.75 bits per heavy atom. The van der Waals surface area contributed by atoms with Crippen LogP contribution in [0.15, 0.2) is 93.5 Å². The van der Waals surface area contributed by atoms with Gasteiger partial charge in [-0.15, -0.1) is 11.8 Å². The van der Waals surface area contributed by atoms with Gasteiger partial charge in [0.25, 0.3) is 5.91 Å². The van der Waals surface area contributed by atoms with Gasteiger partial charge in [-0.2, -0.15) is 10.1 Å². The van der Waals surface area contributed by atoms with E-state index in [1.54, 1.807) is 30.0 Å². The molecular weight excluding hydrogens is 422 g/mol. The first-order chi connectivity index (χ1) is 15.6. The predicted molar refractivity (Wildman–Crippen MR) is 128 cm³/mol. The number of carbonyl (C=O) groups is 1. The zero-order valence-corrected chi connectivity index (χ0v) is 18.4. The lowest BCUT2D eigenvalue weighted by Gasteiger charge is -2.12. The Balaban J connectivity index is 1.69. The van der Waals surface area contributed by atoms with Crippen LogP contribution in [0.1, 0.15) is 16.7 Å². The molecule has 0 saturated carbocycles. The Labute approximate surface area is 190 Å². The smallest absolute Gasteiger partial charge is 0.298 e. The van der Waals surface area contributed by atoms with Crippen molar-refractivity contribution in [1.29, 1.82) is 0 Å². The summed E-state index contributed by atoms with van der Waals surface area (Å²) in [6.45, 7) is 0. The summed E-state index contributed by atoms with van der Waals surface area (Å²) < 4.78 is 5.14. The zero-order chi connectivity index (χ0) is 22.5. The third-order valence-electron chi connectivity index (χ3n) is 4.82. The van der Waals surface area contributed by atoms with Gasteiger partial charge in [0.05, 0.1) is 13.3 Å². The molecule has 32 heavy (non-hydrogen) atoms. The molecule has 0 spiro atoms. The topological polar surface area (TPSA) is 74.5 Å². The van der Waals surface area contributed by atoms with Crippen molar-refractivity contribution in [3.8, 4) is 11.5 Å². The number of amidine groups is 1. The average Bonchev–Trinajstić information content (AvgIpc) is 3.14. The maximum atomic E-state index is 13.2. The van der Waals surface area contributed by atoms with Crippen molar-refractivity contribution in [2.45, 2.75) is 4.90 Å². The molecule has 6 nitrogen and oxygen atoms in total. The van der Waals surface area contributed by atoms with Crippen molar-refractivity contribution in [2.24, 2.45) is 10.1 Å². The van der Waals surface area contributed by atoms with Crippen LogP contribution in [0.3, 0.4) is 0 Å². The number of phenols is 1. The largest absolute Gasteiger partial charge is 0.504 e. The molecule has 0 unspecified atom stereocenters. The third kappa shape index (κ3) is 4.58. The van der Waals surface area contributed by atoms with Crippen LogP contribution in [0.4, 0.5) is 0 Å². The second-order valence-electron chi connectivity index (χ2n) is 6.90. The van der Waals surface area contributed by atoms with Gasteiger partial charge in [-0.05, 0) is 53.8 Å². The van der Waals surface area contributed by atoms with E-state index in [9.17, 15) is 9.90 Å². The zero-order valence-electron chi connectivity index (χ0n) is 17.6. The molecule has 1 N–H and O–H groups in total. The Morgan fingerprint density at radius 3 is 2.44 bits per heavy atom. The molecule has 1 heterocycles. The van der Waals surface area contributed by atoms with Crippen LogP contribution in [0.2, 0.25) is 0 Å². The van der Waals surface area contributed by atoms with E-state index in [2.05, 4.69) is 10.1 Å². The molecule has 0 bridgehead atoms. The van der Waals surface area contributed by atoms with Crippen molar-refractivity contribution >= 4 is 35.8 Å². The number of aromatic hydroxyl groups is 1. The SMILES string of the molecule is COc1cc(/C=N/N2C(=O)C(=Cc3ccc(SC)cc3)N=C2c2ccccc2)ccc1O. The highest BCUT2D eigenvalue weighted by molar-refractivity contribution is 7.98. The minimum atomic E-state index is -0.320. The molecular formula is C25H21N3O3S. The molecule has 4 rings (SSSR count). The molecule has 3 aromatic rings. The second kappa shape index (κ2) is 9.53. The second-order valence-corrected chi connectivity index (χ2v) is 7.78. The first-order valence-corrected chi connectivity index (χ1v) is 11.1. The van der Waals surface area contributed by atoms with E-state index in [0.29, 0.717) is 22.8 Å². The highest BCUT2D eigenvalue weighted by Crippen LogP contribution is 2.26. The van der Waals surface area contributed by atoms with E-state index in [1.807, 2.05) is 60.9 Å². The van der Waals surface area contributed by atoms with Gasteiger partial charge < -0.3 is 9.84 Å². The molecule has 1 aliphatic rings. The van der Waals surface area contributed by atoms with Gasteiger partial charge in [0.2, 0.25) is 0 Å². The van der Waals surface area contributed by atoms with Gasteiger partial charge in [0, 0.05) is 10.5 Å². The molecule has 0 aromatic heterocycles. The molecule has 0 fully saturated rings. The summed E-state index contributed by atoms with van der Waals surface area (Å²) in [4.78, 5) is 18.9. The van der Waals surface area contributed by atoms with E-state index in [-0.39, 0.29) is 11.7 Å². The number of phenolic OH excluding ortho intramolecular Hbond substituents is 1. The van der Waals surface area contributed by atoms with Crippen LogP contribution in [-0.2, 0) is 4.79 Å². The molecule has 7 heteroatoms. The van der Waals surface area contributed by atoms with Crippen LogP contribution in [0.25, 0.3) is 6.08 Å². The number of hydrogen-bond donors (Lipinski definition) is 1. The molecule has 0 atom stereocenters. The fourth-order valence-corrected chi connectivity index (χ4v) is 3.55. The lowest BCUT2D eigenvalue weighted by molar-refractivity contribution is -0.122. The number of carbonyl (C=O) groups excluding carboxylic acids is 1. The van der Waals surface area contributed by atoms with Crippen LogP contribution in [-0.4, -0.2) is 41.4 Å². The van der Waals surface area contributed by atoms with Crippen LogP contribution >= 0.6 is 11.8 Å². The molecule has 0 saturated heterocycles. The number of thioether (sulfide) groups is 1. The lowest BCUT2D eigenvalue weighted by Crippen LogP contribution is -2.27. The number of rotatable bonds is 6. The van der Waals surface area contributed by atoms with Crippen molar-refractivity contribution in [1.82, 2.24) is 5.01 Å². The maximum Gasteiger partial charge on any atom is 0.298 e. The minimum absolute atomic E-state index is 0.0335. The van der Waals surface area contributed by atoms with E-state index in [4.69, 9.17) is 4.74 Å². The standard InChI is InChI=1S/C25H21N3O3S/c1-31-23-15-18(10-13-22(23)29)16-26-28-24(19-6-4-3-5-7-19)27-21(25(28)30)14-17-8-11-20(32-2)12-9-17/h3-16,29H,1-2H3/b21-14?,26-16+. The summed E-state index contributed by atoms with van der Waals surface area (Å²) in [7, 11) is 1.48. The summed E-state index contributed by atoms with van der Waals surface area (Å²) in [5, 5.41) is 15.5. The number of hydrogen-bond acceptors (Lipinski definition) is 6. The van der Waals surface area contributed by atoms with Crippen LogP contribution in [0, 0.1) is 0 Å². The molecule has 1 amide bonds. The van der Waals surface area contributed by atoms with Crippen LogP contribution < -0.4 is 4.74 Å². The normalized spacial score (nSPS) is 14.9. The Bertz CT molecular complexity index is 1220. The quantitative estimate of drug-likeness (QED) is 0.338. The van der Waals surface area contributed by atoms with E-state index >= 15 is 0 Å². The molecule has 160 valence electrons. The highest BCUT2D eigenvalue weighted by atomic mass is 32.2. The van der Waals surface area contributed by atoms with Gasteiger partial charge in [-0.3, -0.25) is 4.79 Å². The molecule has 3 aromatic carbocycles. The monoisotopic (exact) mass is 443 g/mol. The Kier molecular flexibility index (Phi) is 6.37. The van der Waals surface area contributed by atoms with E-state index in [0.717, 1.165) is 16.0 Å². The Morgan fingerprint density at radius 1 is 1.03 bits per heavy atom. The number of methoxy groups -OCH3 is 1. The highest BCUT2D eigenvalue weighted by Gasteiger charge is 2.31. The number of aliphatic imine (C=N–C) groups is 1. The number of ether oxygens (including phenoxy) is 1. The molecule has 1 aliphatic heterocycles. The van der Waals surface area contributed by atoms with Gasteiger partial charge in [0.15, 0.2) is 17.3 Å². The fourth-order valence-electron chi connectivity index (χ4n) is 3.15. The first-order valence-electron chi connectivity index (χ1n) is 9.84. The van der Waals surface area contributed by atoms with Crippen molar-refractivity contribution < 1.29 is 14.6 Å². The summed E-state index contributed by atoms with van der Waals surface area (Å²) in [6, 6.07) is 22.2. The average molecular weight is 444 g/mol. The Hall–Kier alpha value is -3.84. The number of benzene rings is 3. The molecule has 0 aliphatic carbocycles. The number of nitrogens with zero attached hydrogens (tertiary/aromatic N) is 3. The van der Waals surface area contributed by atoms with Gasteiger partial charge in [-0.25, -0.2) is 4.99 Å².